The number of benzene rings is 1. The Morgan fingerprint density at radius 1 is 1.00 bits per heavy atom. The van der Waals surface area contributed by atoms with E-state index in [1.54, 1.807) is 11.8 Å². The van der Waals surface area contributed by atoms with Crippen molar-refractivity contribution >= 4 is 38.7 Å². The van der Waals surface area contributed by atoms with Gasteiger partial charge < -0.3 is 24.7 Å². The van der Waals surface area contributed by atoms with Crippen LogP contribution in [0.1, 0.15) is 12.8 Å². The molecular formula is C11H18O7P2S2. The maximum absolute atomic E-state index is 11.2. The van der Waals surface area contributed by atoms with Crippen LogP contribution in [0.4, 0.5) is 0 Å². The van der Waals surface area contributed by atoms with E-state index >= 15 is 0 Å². The molecule has 0 atom stereocenters. The third-order valence-electron chi connectivity index (χ3n) is 2.92. The fourth-order valence-electron chi connectivity index (χ4n) is 1.63. The third kappa shape index (κ3) is 5.09. The Balaban J connectivity index is 2.61. The molecule has 0 bridgehead atoms. The van der Waals surface area contributed by atoms with Gasteiger partial charge in [-0.3, -0.25) is 9.13 Å². The van der Waals surface area contributed by atoms with Crippen molar-refractivity contribution in [1.82, 2.24) is 0 Å². The second-order valence-electron chi connectivity index (χ2n) is 4.49. The summed E-state index contributed by atoms with van der Waals surface area (Å²) in [4.78, 5) is 38.0. The second-order valence-corrected chi connectivity index (χ2v) is 10.5. The Morgan fingerprint density at radius 2 is 1.45 bits per heavy atom. The van der Waals surface area contributed by atoms with Crippen LogP contribution in [0.3, 0.4) is 0 Å². The Morgan fingerprint density at radius 3 is 1.86 bits per heavy atom. The van der Waals surface area contributed by atoms with E-state index in [-0.39, 0.29) is 6.42 Å². The molecule has 5 N–H and O–H groups in total. The molecule has 1 aromatic carbocycles. The summed E-state index contributed by atoms with van der Waals surface area (Å²) in [5.74, 6) is 0.362. The highest BCUT2D eigenvalue weighted by molar-refractivity contribution is 7.99. The fraction of sp³-hybridized carbons (Fsp3) is 0.455. The van der Waals surface area contributed by atoms with Gasteiger partial charge in [0.05, 0.1) is 0 Å². The number of hydrogen-bond donors (Lipinski definition) is 5. The zero-order valence-corrected chi connectivity index (χ0v) is 15.1. The van der Waals surface area contributed by atoms with E-state index in [2.05, 4.69) is 0 Å². The van der Waals surface area contributed by atoms with Crippen LogP contribution >= 0.6 is 38.7 Å². The molecule has 0 saturated heterocycles. The topological polar surface area (TPSA) is 135 Å². The van der Waals surface area contributed by atoms with Gasteiger partial charge in [-0.05, 0) is 42.7 Å². The molecule has 7 nitrogen and oxygen atoms in total. The first-order valence-corrected chi connectivity index (χ1v) is 11.6. The van der Waals surface area contributed by atoms with Crippen LogP contribution < -0.4 is 0 Å². The van der Waals surface area contributed by atoms with Gasteiger partial charge in [0.1, 0.15) is 0 Å². The maximum atomic E-state index is 11.2. The molecule has 0 fully saturated rings. The van der Waals surface area contributed by atoms with Crippen molar-refractivity contribution in [3.05, 3.63) is 24.3 Å². The third-order valence-corrected chi connectivity index (χ3v) is 8.64. The van der Waals surface area contributed by atoms with Gasteiger partial charge in [0.15, 0.2) is 0 Å². The number of aliphatic hydroxyl groups is 1. The van der Waals surface area contributed by atoms with Crippen LogP contribution in [0, 0.1) is 0 Å². The minimum Gasteiger partial charge on any atom is -0.368 e. The quantitative estimate of drug-likeness (QED) is 0.258. The highest BCUT2D eigenvalue weighted by Gasteiger charge is 2.58. The first kappa shape index (κ1) is 20.2. The van der Waals surface area contributed by atoms with Gasteiger partial charge in [0, 0.05) is 16.2 Å². The molecule has 0 spiro atoms. The predicted molar refractivity (Wildman–Crippen MR) is 87.2 cm³/mol. The average Bonchev–Trinajstić information content (AvgIpc) is 2.41. The zero-order chi connectivity index (χ0) is 17.0. The first-order valence-electron chi connectivity index (χ1n) is 6.12. The molecule has 0 aliphatic carbocycles. The molecule has 0 aliphatic rings. The second kappa shape index (κ2) is 7.83. The van der Waals surface area contributed by atoms with Crippen LogP contribution in [-0.2, 0) is 9.13 Å². The van der Waals surface area contributed by atoms with Crippen LogP contribution in [0.25, 0.3) is 0 Å². The van der Waals surface area contributed by atoms with Crippen molar-refractivity contribution in [1.29, 1.82) is 0 Å². The smallest absolute Gasteiger partial charge is 0.368 e. The normalized spacial score (nSPS) is 13.4. The van der Waals surface area contributed by atoms with E-state index in [1.807, 2.05) is 30.5 Å². The molecule has 11 heteroatoms. The van der Waals surface area contributed by atoms with Gasteiger partial charge in [0.25, 0.3) is 5.08 Å². The average molecular weight is 388 g/mol. The summed E-state index contributed by atoms with van der Waals surface area (Å²) in [5, 5.41) is 6.40. The van der Waals surface area contributed by atoms with Crippen LogP contribution in [-0.4, -0.2) is 41.8 Å². The summed E-state index contributed by atoms with van der Waals surface area (Å²) >= 11 is 2.97. The zero-order valence-electron chi connectivity index (χ0n) is 11.7. The van der Waals surface area contributed by atoms with Gasteiger partial charge in [-0.15, -0.1) is 23.5 Å². The van der Waals surface area contributed by atoms with E-state index in [4.69, 9.17) is 19.6 Å². The lowest BCUT2D eigenvalue weighted by molar-refractivity contribution is 0.122. The minimum absolute atomic E-state index is 0.0433. The standard InChI is InChI=1S/C11H18O7P2S2/c1-21-9-3-5-10(6-4-9)22-8-2-7-11(12,19(13,14)15)20(16,17)18/h3-6,12H,2,7-8H2,1H3,(H2,13,14,15)(H2,16,17,18). The van der Waals surface area contributed by atoms with Crippen molar-refractivity contribution in [3.8, 4) is 0 Å². The summed E-state index contributed by atoms with van der Waals surface area (Å²) in [7, 11) is -10.7. The molecule has 1 aromatic rings. The molecule has 0 aromatic heterocycles. The van der Waals surface area contributed by atoms with E-state index in [1.165, 1.54) is 11.8 Å². The van der Waals surface area contributed by atoms with E-state index < -0.39 is 26.7 Å². The number of rotatable bonds is 8. The summed E-state index contributed by atoms with van der Waals surface area (Å²) in [6.07, 6.45) is 1.31. The van der Waals surface area contributed by atoms with Gasteiger partial charge in [-0.1, -0.05) is 0 Å². The largest absolute Gasteiger partial charge is 0.369 e. The van der Waals surface area contributed by atoms with Crippen LogP contribution in [0.5, 0.6) is 0 Å². The molecule has 0 aliphatic heterocycles. The molecule has 22 heavy (non-hydrogen) atoms. The van der Waals surface area contributed by atoms with Crippen LogP contribution in [0.15, 0.2) is 34.1 Å². The summed E-state index contributed by atoms with van der Waals surface area (Å²) in [5.41, 5.74) is 0. The Bertz CT molecular complexity index is 559. The van der Waals surface area contributed by atoms with Gasteiger partial charge in [-0.2, -0.15) is 0 Å². The van der Waals surface area contributed by atoms with Gasteiger partial charge in [-0.25, -0.2) is 0 Å². The summed E-state index contributed by atoms with van der Waals surface area (Å²) in [6.45, 7) is 0. The number of hydrogen-bond acceptors (Lipinski definition) is 5. The molecule has 1 rings (SSSR count). The highest BCUT2D eigenvalue weighted by atomic mass is 32.2. The molecule has 0 saturated carbocycles. The lowest BCUT2D eigenvalue weighted by Gasteiger charge is -2.29. The lowest BCUT2D eigenvalue weighted by atomic mass is 10.3. The number of thioether (sulfide) groups is 2. The molecule has 0 unspecified atom stereocenters. The maximum Gasteiger partial charge on any atom is 0.369 e. The fourth-order valence-corrected chi connectivity index (χ4v) is 5.15. The predicted octanol–water partition coefficient (Wildman–Crippen LogP) is 2.28. The summed E-state index contributed by atoms with van der Waals surface area (Å²) in [6, 6.07) is 7.62. The minimum atomic E-state index is -5.35. The van der Waals surface area contributed by atoms with Gasteiger partial charge in [0.2, 0.25) is 0 Å². The van der Waals surface area contributed by atoms with Crippen molar-refractivity contribution in [3.63, 3.8) is 0 Å². The van der Waals surface area contributed by atoms with Crippen LogP contribution in [0.2, 0.25) is 0 Å². The van der Waals surface area contributed by atoms with E-state index in [9.17, 15) is 14.2 Å². The van der Waals surface area contributed by atoms with E-state index in [0.717, 1.165) is 9.79 Å². The van der Waals surface area contributed by atoms with Crippen molar-refractivity contribution < 1.29 is 33.8 Å². The monoisotopic (exact) mass is 388 g/mol. The molecule has 126 valence electrons. The van der Waals surface area contributed by atoms with Crippen molar-refractivity contribution in [2.45, 2.75) is 27.7 Å². The molecule has 0 radical (unpaired) electrons. The Kier molecular flexibility index (Phi) is 7.20. The lowest BCUT2D eigenvalue weighted by Crippen LogP contribution is -2.28. The van der Waals surface area contributed by atoms with Crippen molar-refractivity contribution in [2.75, 3.05) is 12.0 Å². The molecule has 0 heterocycles. The van der Waals surface area contributed by atoms with Crippen molar-refractivity contribution in [2.24, 2.45) is 0 Å². The van der Waals surface area contributed by atoms with Gasteiger partial charge >= 0.3 is 15.2 Å². The Hall–Kier alpha value is 0.180. The van der Waals surface area contributed by atoms with E-state index in [0.29, 0.717) is 5.75 Å². The first-order chi connectivity index (χ1) is 10.0. The highest BCUT2D eigenvalue weighted by Crippen LogP contribution is 2.69. The Labute approximate surface area is 136 Å². The summed E-state index contributed by atoms with van der Waals surface area (Å²) < 4.78 is 22.4. The molecular weight excluding hydrogens is 370 g/mol. The SMILES string of the molecule is CSc1ccc(SCCCC(O)(P(=O)(O)O)P(=O)(O)O)cc1. The molecule has 0 amide bonds.